The Kier molecular flexibility index (Phi) is 10.6. The molecule has 0 spiro atoms. The zero-order valence-electron chi connectivity index (χ0n) is 15.6. The fourth-order valence-electron chi connectivity index (χ4n) is 2.01. The van der Waals surface area contributed by atoms with Crippen LogP contribution in [0.1, 0.15) is 5.56 Å². The number of amides is 3. The van der Waals surface area contributed by atoms with Crippen molar-refractivity contribution in [1.82, 2.24) is 9.91 Å². The number of nitrogens with two attached hydrogens (primary N) is 2. The van der Waals surface area contributed by atoms with Gasteiger partial charge >= 0.3 is 35.6 Å². The number of nitrogens with zero attached hydrogens (tertiary/aromatic N) is 3. The average molecular weight is 434 g/mol. The van der Waals surface area contributed by atoms with E-state index >= 15 is 0 Å². The van der Waals surface area contributed by atoms with Crippen LogP contribution in [0.3, 0.4) is 0 Å². The van der Waals surface area contributed by atoms with Gasteiger partial charge in [0.2, 0.25) is 0 Å². The molecule has 3 amide bonds. The van der Waals surface area contributed by atoms with Gasteiger partial charge in [-0.2, -0.15) is 10.6 Å². The minimum Gasteiger partial charge on any atom is -0.784 e. The van der Waals surface area contributed by atoms with Gasteiger partial charge in [0, 0.05) is 17.7 Å². The van der Waals surface area contributed by atoms with Crippen LogP contribution in [-0.2, 0) is 18.7 Å². The number of hydrazone groups is 1. The third-order valence-electron chi connectivity index (χ3n) is 3.39. The van der Waals surface area contributed by atoms with Crippen LogP contribution in [0.15, 0.2) is 48.3 Å². The van der Waals surface area contributed by atoms with Gasteiger partial charge in [0.1, 0.15) is 33.4 Å². The minimum atomic E-state index is -2.64. The summed E-state index contributed by atoms with van der Waals surface area (Å²) in [4.78, 5) is 35.6. The summed E-state index contributed by atoms with van der Waals surface area (Å²) in [5, 5.41) is 13.6. The van der Waals surface area contributed by atoms with E-state index < -0.39 is 27.3 Å². The van der Waals surface area contributed by atoms with E-state index in [1.54, 1.807) is 24.3 Å². The number of hydrogen-bond acceptors (Lipinski definition) is 9. The predicted molar refractivity (Wildman–Crippen MR) is 94.7 cm³/mol. The van der Waals surface area contributed by atoms with Gasteiger partial charge in [0.25, 0.3) is 5.91 Å². The number of rotatable bonds is 10. The Morgan fingerprint density at radius 2 is 2.03 bits per heavy atom. The number of quaternary nitrogens is 1. The van der Waals surface area contributed by atoms with Gasteiger partial charge in [0.15, 0.2) is 5.69 Å². The molecule has 1 aromatic rings. The molecule has 14 heteroatoms. The first-order valence-electron chi connectivity index (χ1n) is 7.62. The molecule has 1 fully saturated rings. The van der Waals surface area contributed by atoms with Crippen molar-refractivity contribution < 1.29 is 68.6 Å². The zero-order valence-corrected chi connectivity index (χ0v) is 18.4. The second-order valence-corrected chi connectivity index (χ2v) is 6.15. The molecule has 1 unspecified atom stereocenters. The molecule has 1 aromatic carbocycles. The van der Waals surface area contributed by atoms with E-state index in [9.17, 15) is 14.5 Å². The van der Waals surface area contributed by atoms with Crippen molar-refractivity contribution in [3.8, 4) is 0 Å². The second-order valence-electron chi connectivity index (χ2n) is 5.24. The largest absolute Gasteiger partial charge is 1.00 e. The topological polar surface area (TPSA) is 167 Å². The van der Waals surface area contributed by atoms with Crippen LogP contribution in [0.2, 0.25) is 0 Å². The van der Waals surface area contributed by atoms with Crippen molar-refractivity contribution in [1.29, 1.82) is 0 Å². The fourth-order valence-corrected chi connectivity index (χ4v) is 2.28. The molecular formula is C15H18N5NaO7P+. The molecule has 150 valence electrons. The number of carbonyl (C=O) groups excluding carboxylic acids is 2. The smallest absolute Gasteiger partial charge is 0.784 e. The number of allylic oxidation sites excluding steroid dienone is 1. The van der Waals surface area contributed by atoms with Crippen LogP contribution >= 0.6 is 8.60 Å². The summed E-state index contributed by atoms with van der Waals surface area (Å²) in [6.45, 7) is 6.47. The minimum absolute atomic E-state index is 0. The Labute approximate surface area is 189 Å². The Morgan fingerprint density at radius 1 is 1.38 bits per heavy atom. The van der Waals surface area contributed by atoms with E-state index in [1.807, 2.05) is 0 Å². The molecule has 2 rings (SSSR count). The fraction of sp³-hybridized carbons (Fsp3) is 0.133. The number of hydrogen-bond donors (Lipinski definition) is 3. The third kappa shape index (κ3) is 7.24. The van der Waals surface area contributed by atoms with E-state index in [0.29, 0.717) is 16.2 Å². The maximum atomic E-state index is 12.1. The molecule has 0 radical (unpaired) electrons. The van der Waals surface area contributed by atoms with E-state index in [2.05, 4.69) is 33.3 Å². The normalized spacial score (nSPS) is 14.9. The van der Waals surface area contributed by atoms with Crippen LogP contribution in [-0.4, -0.2) is 46.5 Å². The molecular weight excluding hydrogens is 416 g/mol. The van der Waals surface area contributed by atoms with Gasteiger partial charge in [-0.25, -0.2) is 25.8 Å². The van der Waals surface area contributed by atoms with Gasteiger partial charge in [-0.15, -0.1) is 0 Å². The third-order valence-corrected chi connectivity index (χ3v) is 3.89. The van der Waals surface area contributed by atoms with Crippen LogP contribution in [0.5, 0.6) is 0 Å². The molecule has 1 aliphatic rings. The van der Waals surface area contributed by atoms with E-state index in [4.69, 9.17) is 9.94 Å². The quantitative estimate of drug-likeness (QED) is 0.0648. The van der Waals surface area contributed by atoms with Crippen molar-refractivity contribution in [3.63, 3.8) is 0 Å². The van der Waals surface area contributed by atoms with Crippen molar-refractivity contribution in [2.75, 3.05) is 13.3 Å². The SMILES string of the molecule is C=C(/C=N/N1CC(=O)N(COP([O-])ON)C1=O)OC(=C)c1ccc([NH2+]O)cc1.[Na+]. The van der Waals surface area contributed by atoms with Gasteiger partial charge in [-0.3, -0.25) is 9.42 Å². The Balaban J connectivity index is 0.00000420. The molecule has 0 saturated carbocycles. The van der Waals surface area contributed by atoms with Crippen LogP contribution in [0.25, 0.3) is 5.76 Å². The summed E-state index contributed by atoms with van der Waals surface area (Å²) in [6.07, 6.45) is 1.14. The molecule has 5 N–H and O–H groups in total. The second kappa shape index (κ2) is 12.1. The molecule has 12 nitrogen and oxygen atoms in total. The number of carbonyl (C=O) groups is 2. The maximum absolute atomic E-state index is 12.1. The molecule has 0 bridgehead atoms. The van der Waals surface area contributed by atoms with Gasteiger partial charge in [-0.05, 0) is 12.1 Å². The molecule has 29 heavy (non-hydrogen) atoms. The van der Waals surface area contributed by atoms with Crippen molar-refractivity contribution in [3.05, 3.63) is 48.7 Å². The van der Waals surface area contributed by atoms with E-state index in [-0.39, 0.29) is 47.6 Å². The van der Waals surface area contributed by atoms with E-state index in [0.717, 1.165) is 16.7 Å². The standard InChI is InChI=1S/C15H17N5O7P.Na/c1-10(26-11(2)12-3-5-13(18-23)6-4-12)7-17-20-8-14(21)19(15(20)22)9-25-28(24)27-16;/h3-7,18,23H,1-2,8-9,16H2;/q-1;+1/p+1/b17-7+;. The summed E-state index contributed by atoms with van der Waals surface area (Å²) < 4.78 is 13.9. The molecule has 1 saturated heterocycles. The van der Waals surface area contributed by atoms with Gasteiger partial charge in [-0.1, -0.05) is 13.2 Å². The molecule has 1 heterocycles. The summed E-state index contributed by atoms with van der Waals surface area (Å²) >= 11 is 0. The maximum Gasteiger partial charge on any atom is 1.00 e. The van der Waals surface area contributed by atoms with Crippen LogP contribution < -0.4 is 45.8 Å². The van der Waals surface area contributed by atoms with Gasteiger partial charge in [0.05, 0.1) is 6.21 Å². The first-order valence-corrected chi connectivity index (χ1v) is 8.71. The van der Waals surface area contributed by atoms with Gasteiger partial charge < -0.3 is 14.2 Å². The van der Waals surface area contributed by atoms with Crippen LogP contribution in [0, 0.1) is 0 Å². The summed E-state index contributed by atoms with van der Waals surface area (Å²) in [7, 11) is -2.64. The number of urea groups is 1. The molecule has 0 aliphatic carbocycles. The summed E-state index contributed by atoms with van der Waals surface area (Å²) in [6, 6.07) is 5.91. The predicted octanol–water partition coefficient (Wildman–Crippen LogP) is -3.52. The average Bonchev–Trinajstić information content (AvgIpc) is 2.97. The number of ether oxygens (including phenoxy) is 1. The first kappa shape index (κ1) is 25.3. The van der Waals surface area contributed by atoms with E-state index in [1.165, 1.54) is 0 Å². The summed E-state index contributed by atoms with van der Waals surface area (Å²) in [5.74, 6) is 4.38. The summed E-state index contributed by atoms with van der Waals surface area (Å²) in [5.41, 5.74) is 2.22. The van der Waals surface area contributed by atoms with Crippen molar-refractivity contribution in [2.45, 2.75) is 0 Å². The Morgan fingerprint density at radius 3 is 2.62 bits per heavy atom. The van der Waals surface area contributed by atoms with Crippen molar-refractivity contribution in [2.24, 2.45) is 11.0 Å². The van der Waals surface area contributed by atoms with Crippen molar-refractivity contribution >= 4 is 38.2 Å². The molecule has 0 aromatic heterocycles. The number of benzene rings is 1. The monoisotopic (exact) mass is 434 g/mol. The molecule has 1 atom stereocenters. The van der Waals surface area contributed by atoms with Crippen LogP contribution in [0.4, 0.5) is 10.5 Å². The number of imide groups is 1. The molecule has 1 aliphatic heterocycles. The zero-order chi connectivity index (χ0) is 20.7. The Bertz CT molecular complexity index is 792. The Hall–Kier alpha value is -1.70. The first-order chi connectivity index (χ1) is 13.3.